The van der Waals surface area contributed by atoms with Crippen LogP contribution < -0.4 is 0 Å². The minimum atomic E-state index is -1.58. The number of aliphatic carboxylic acids is 1. The average molecular weight is 389 g/mol. The molecular weight excluding hydrogens is 380 g/mol. The second kappa shape index (κ2) is 12.0. The normalized spacial score (nSPS) is 9.42. The van der Waals surface area contributed by atoms with Gasteiger partial charge in [0.2, 0.25) is 0 Å². The van der Waals surface area contributed by atoms with Crippen LogP contribution in [0.5, 0.6) is 0 Å². The van der Waals surface area contributed by atoms with Gasteiger partial charge in [-0.15, -0.1) is 0 Å². The van der Waals surface area contributed by atoms with Crippen LogP contribution in [0.25, 0.3) is 0 Å². The molecule has 1 radical (unpaired) electrons. The van der Waals surface area contributed by atoms with Crippen LogP contribution in [0.1, 0.15) is 6.42 Å². The molecule has 0 aliphatic rings. The quantitative estimate of drug-likeness (QED) is 0.391. The van der Waals surface area contributed by atoms with Gasteiger partial charge >= 0.3 is 35.5 Å². The summed E-state index contributed by atoms with van der Waals surface area (Å²) < 4.78 is 0. The molecule has 1 unspecified atom stereocenters. The fourth-order valence-electron chi connectivity index (χ4n) is 0.253. The third-order valence-electron chi connectivity index (χ3n) is 0.653. The van der Waals surface area contributed by atoms with E-state index in [-0.39, 0.29) is 63.8 Å². The third kappa shape index (κ3) is 13.6. The standard InChI is InChI=1S/C4H6O4S.Au.Na.H2O.H/c5-2(4(7)8)1-3(6)9;;;;/h2,5H,1H2,(H,6,9)(H,7,8);;;1H2;. The van der Waals surface area contributed by atoms with E-state index >= 15 is 0 Å². The number of aliphatic hydroxyl groups is 2. The van der Waals surface area contributed by atoms with Crippen LogP contribution in [-0.4, -0.2) is 67.5 Å². The number of thiocarbonyl (C=S) groups is 1. The van der Waals surface area contributed by atoms with Crippen LogP contribution in [-0.2, 0) is 27.2 Å². The molecule has 0 aromatic heterocycles. The van der Waals surface area contributed by atoms with E-state index in [1.54, 1.807) is 0 Å². The summed E-state index contributed by atoms with van der Waals surface area (Å²) in [6, 6.07) is 0. The second-order valence-electron chi connectivity index (χ2n) is 1.45. The zero-order valence-electron chi connectivity index (χ0n) is 5.24. The van der Waals surface area contributed by atoms with E-state index in [0.29, 0.717) is 0 Å². The van der Waals surface area contributed by atoms with Crippen molar-refractivity contribution < 1.29 is 48.0 Å². The first-order chi connectivity index (χ1) is 4.04. The van der Waals surface area contributed by atoms with Gasteiger partial charge in [-0.3, -0.25) is 0 Å². The third-order valence-corrected chi connectivity index (χ3v) is 0.820. The van der Waals surface area contributed by atoms with Crippen molar-refractivity contribution in [2.45, 2.75) is 12.5 Å². The molecule has 0 amide bonds. The Morgan fingerprint density at radius 3 is 1.83 bits per heavy atom. The summed E-state index contributed by atoms with van der Waals surface area (Å²) in [5.74, 6) is -1.38. The zero-order chi connectivity index (χ0) is 7.44. The molecule has 73 valence electrons. The van der Waals surface area contributed by atoms with Crippen molar-refractivity contribution in [1.29, 1.82) is 0 Å². The predicted molar refractivity (Wildman–Crippen MR) is 44.2 cm³/mol. The molecule has 0 fully saturated rings. The summed E-state index contributed by atoms with van der Waals surface area (Å²) in [5.41, 5.74) is 0. The summed E-state index contributed by atoms with van der Waals surface area (Å²) in [7, 11) is 0. The minimum absolute atomic E-state index is 0. The Morgan fingerprint density at radius 2 is 1.75 bits per heavy atom. The van der Waals surface area contributed by atoms with Crippen LogP contribution in [0.2, 0.25) is 0 Å². The summed E-state index contributed by atoms with van der Waals surface area (Å²) in [6.45, 7) is 0. The average Bonchev–Trinajstić information content (AvgIpc) is 1.63. The molecular formula is C4H9AuNaO5S. The van der Waals surface area contributed by atoms with Crippen LogP contribution in [0, 0.1) is 0 Å². The van der Waals surface area contributed by atoms with Gasteiger partial charge in [0, 0.05) is 22.4 Å². The van der Waals surface area contributed by atoms with Crippen molar-refractivity contribution in [2.75, 3.05) is 0 Å². The molecule has 0 rings (SSSR count). The van der Waals surface area contributed by atoms with E-state index in [1.807, 2.05) is 0 Å². The van der Waals surface area contributed by atoms with E-state index in [4.69, 9.17) is 15.3 Å². The van der Waals surface area contributed by atoms with Gasteiger partial charge in [0.25, 0.3) is 0 Å². The molecule has 8 heteroatoms. The Kier molecular flexibility index (Phi) is 23.2. The van der Waals surface area contributed by atoms with E-state index < -0.39 is 17.1 Å². The molecule has 0 bridgehead atoms. The van der Waals surface area contributed by atoms with Gasteiger partial charge < -0.3 is 20.8 Å². The molecule has 0 aliphatic heterocycles. The molecule has 0 saturated heterocycles. The number of rotatable bonds is 3. The molecule has 0 aromatic carbocycles. The van der Waals surface area contributed by atoms with Crippen molar-refractivity contribution in [3.8, 4) is 0 Å². The number of carboxylic acid groups (broad SMARTS) is 1. The van der Waals surface area contributed by atoms with E-state index in [1.165, 1.54) is 0 Å². The van der Waals surface area contributed by atoms with Gasteiger partial charge in [0.15, 0.2) is 11.2 Å². The van der Waals surface area contributed by atoms with Gasteiger partial charge in [0.05, 0.1) is 6.42 Å². The van der Waals surface area contributed by atoms with Gasteiger partial charge in [-0.1, -0.05) is 0 Å². The summed E-state index contributed by atoms with van der Waals surface area (Å²) in [4.78, 5) is 9.81. The number of aliphatic hydroxyl groups excluding tert-OH is 2. The SMILES string of the molecule is O.O=C(O)C(O)CC(O)=S.[Au].[NaH]. The van der Waals surface area contributed by atoms with Crippen LogP contribution in [0.3, 0.4) is 0 Å². The zero-order valence-corrected chi connectivity index (χ0v) is 8.23. The van der Waals surface area contributed by atoms with E-state index in [2.05, 4.69) is 12.2 Å². The van der Waals surface area contributed by atoms with Crippen molar-refractivity contribution in [3.63, 3.8) is 0 Å². The summed E-state index contributed by atoms with van der Waals surface area (Å²) >= 11 is 4.12. The molecule has 12 heavy (non-hydrogen) atoms. The van der Waals surface area contributed by atoms with E-state index in [0.717, 1.165) is 0 Å². The monoisotopic (exact) mass is 389 g/mol. The predicted octanol–water partition coefficient (Wildman–Crippen LogP) is -1.77. The van der Waals surface area contributed by atoms with E-state index in [9.17, 15) is 4.79 Å². The Bertz CT molecular complexity index is 143. The summed E-state index contributed by atoms with van der Waals surface area (Å²) in [5, 5.41) is 24.2. The fraction of sp³-hybridized carbons (Fsp3) is 0.500. The molecule has 0 saturated carbocycles. The molecule has 5 N–H and O–H groups in total. The maximum absolute atomic E-state index is 9.81. The molecule has 1 atom stereocenters. The number of hydrogen-bond acceptors (Lipinski definition) is 3. The topological polar surface area (TPSA) is 109 Å². The first-order valence-electron chi connectivity index (χ1n) is 2.16. The van der Waals surface area contributed by atoms with Gasteiger partial charge in [-0.2, -0.15) is 0 Å². The van der Waals surface area contributed by atoms with Gasteiger partial charge in [-0.05, 0) is 12.2 Å². The molecule has 0 aromatic rings. The Labute approximate surface area is 112 Å². The maximum atomic E-state index is 9.81. The van der Waals surface area contributed by atoms with Crippen molar-refractivity contribution in [3.05, 3.63) is 0 Å². The molecule has 0 heterocycles. The van der Waals surface area contributed by atoms with Crippen molar-refractivity contribution in [2.24, 2.45) is 0 Å². The second-order valence-corrected chi connectivity index (χ2v) is 1.92. The Hall–Kier alpha value is 1.02. The van der Waals surface area contributed by atoms with Crippen LogP contribution >= 0.6 is 12.2 Å². The number of carbonyl (C=O) groups is 1. The molecule has 0 aliphatic carbocycles. The fourth-order valence-corrected chi connectivity index (χ4v) is 0.411. The van der Waals surface area contributed by atoms with Gasteiger partial charge in [-0.25, -0.2) is 4.79 Å². The van der Waals surface area contributed by atoms with Crippen LogP contribution in [0.15, 0.2) is 0 Å². The van der Waals surface area contributed by atoms with Crippen LogP contribution in [0.4, 0.5) is 0 Å². The Morgan fingerprint density at radius 1 is 1.42 bits per heavy atom. The van der Waals surface area contributed by atoms with Crippen molar-refractivity contribution in [1.82, 2.24) is 0 Å². The molecule has 5 nitrogen and oxygen atoms in total. The van der Waals surface area contributed by atoms with Crippen molar-refractivity contribution >= 4 is 52.8 Å². The first-order valence-corrected chi connectivity index (χ1v) is 2.57. The summed E-state index contributed by atoms with van der Waals surface area (Å²) in [6.07, 6.45) is -1.97. The number of carboxylic acids is 1. The first kappa shape index (κ1) is 23.1. The van der Waals surface area contributed by atoms with Gasteiger partial charge in [0.1, 0.15) is 0 Å². The number of hydrogen-bond donors (Lipinski definition) is 3. The Balaban J connectivity index is -0.000000107. The molecule has 0 spiro atoms.